The van der Waals surface area contributed by atoms with Crippen molar-refractivity contribution in [3.63, 3.8) is 0 Å². The standard InChI is InChI=1S/C12H15N3S/c1-9-6-12(15-13-8-9)14-10(2)7-11-4-3-5-16-11/h3-6,8,10H,7H2,1-2H3,(H,14,15). The van der Waals surface area contributed by atoms with Crippen molar-refractivity contribution in [2.45, 2.75) is 26.3 Å². The molecule has 0 radical (unpaired) electrons. The van der Waals surface area contributed by atoms with Gasteiger partial charge in [0.15, 0.2) is 0 Å². The van der Waals surface area contributed by atoms with Gasteiger partial charge in [0.2, 0.25) is 0 Å². The van der Waals surface area contributed by atoms with E-state index in [2.05, 4.69) is 40.0 Å². The first-order chi connectivity index (χ1) is 7.74. The molecule has 2 aromatic rings. The van der Waals surface area contributed by atoms with Crippen molar-refractivity contribution in [2.75, 3.05) is 5.32 Å². The van der Waals surface area contributed by atoms with Crippen LogP contribution in [0, 0.1) is 6.92 Å². The molecule has 1 unspecified atom stereocenters. The number of hydrogen-bond donors (Lipinski definition) is 1. The number of aromatic nitrogens is 2. The highest BCUT2D eigenvalue weighted by atomic mass is 32.1. The first kappa shape index (κ1) is 11.1. The van der Waals surface area contributed by atoms with E-state index in [4.69, 9.17) is 0 Å². The average molecular weight is 233 g/mol. The Morgan fingerprint density at radius 1 is 1.50 bits per heavy atom. The summed E-state index contributed by atoms with van der Waals surface area (Å²) in [5, 5.41) is 13.4. The van der Waals surface area contributed by atoms with Gasteiger partial charge in [0.25, 0.3) is 0 Å². The van der Waals surface area contributed by atoms with E-state index < -0.39 is 0 Å². The van der Waals surface area contributed by atoms with E-state index in [1.54, 1.807) is 17.5 Å². The number of nitrogens with zero attached hydrogens (tertiary/aromatic N) is 2. The maximum atomic E-state index is 4.05. The molecule has 2 aromatic heterocycles. The Hall–Kier alpha value is -1.42. The van der Waals surface area contributed by atoms with Crippen LogP contribution in [0.5, 0.6) is 0 Å². The van der Waals surface area contributed by atoms with Gasteiger partial charge in [-0.15, -0.1) is 16.4 Å². The summed E-state index contributed by atoms with van der Waals surface area (Å²) in [5.41, 5.74) is 1.13. The summed E-state index contributed by atoms with van der Waals surface area (Å²) >= 11 is 1.79. The molecule has 1 atom stereocenters. The summed E-state index contributed by atoms with van der Waals surface area (Å²) in [6, 6.07) is 6.62. The van der Waals surface area contributed by atoms with Crippen LogP contribution in [0.15, 0.2) is 29.8 Å². The molecule has 0 saturated carbocycles. The normalized spacial score (nSPS) is 12.4. The Kier molecular flexibility index (Phi) is 3.51. The van der Waals surface area contributed by atoms with E-state index in [0.29, 0.717) is 6.04 Å². The molecule has 2 rings (SSSR count). The number of hydrogen-bond acceptors (Lipinski definition) is 4. The van der Waals surface area contributed by atoms with E-state index in [9.17, 15) is 0 Å². The molecule has 16 heavy (non-hydrogen) atoms. The Labute approximate surface area is 99.5 Å². The summed E-state index contributed by atoms with van der Waals surface area (Å²) < 4.78 is 0. The molecule has 2 heterocycles. The minimum absolute atomic E-state index is 0.370. The maximum Gasteiger partial charge on any atom is 0.149 e. The highest BCUT2D eigenvalue weighted by molar-refractivity contribution is 7.09. The van der Waals surface area contributed by atoms with Crippen LogP contribution >= 0.6 is 11.3 Å². The maximum absolute atomic E-state index is 4.05. The summed E-state index contributed by atoms with van der Waals surface area (Å²) in [7, 11) is 0. The molecule has 4 heteroatoms. The van der Waals surface area contributed by atoms with Crippen molar-refractivity contribution in [1.82, 2.24) is 10.2 Å². The molecule has 84 valence electrons. The molecule has 0 aromatic carbocycles. The van der Waals surface area contributed by atoms with Crippen LogP contribution in [0.1, 0.15) is 17.4 Å². The van der Waals surface area contributed by atoms with Gasteiger partial charge in [0, 0.05) is 17.3 Å². The van der Waals surface area contributed by atoms with Crippen molar-refractivity contribution < 1.29 is 0 Å². The molecule has 0 bridgehead atoms. The minimum Gasteiger partial charge on any atom is -0.366 e. The van der Waals surface area contributed by atoms with E-state index in [1.807, 2.05) is 13.0 Å². The van der Waals surface area contributed by atoms with Gasteiger partial charge in [-0.05, 0) is 36.9 Å². The lowest BCUT2D eigenvalue weighted by molar-refractivity contribution is 0.787. The molecule has 0 spiro atoms. The zero-order chi connectivity index (χ0) is 11.4. The molecular formula is C12H15N3S. The third-order valence-electron chi connectivity index (χ3n) is 2.27. The van der Waals surface area contributed by atoms with Crippen LogP contribution in [0.2, 0.25) is 0 Å². The zero-order valence-corrected chi connectivity index (χ0v) is 10.3. The molecule has 0 fully saturated rings. The predicted molar refractivity (Wildman–Crippen MR) is 67.9 cm³/mol. The second-order valence-corrected chi connectivity index (χ2v) is 4.98. The van der Waals surface area contributed by atoms with Crippen LogP contribution in [0.25, 0.3) is 0 Å². The predicted octanol–water partition coefficient (Wildman–Crippen LogP) is 2.89. The van der Waals surface area contributed by atoms with E-state index in [0.717, 1.165) is 17.8 Å². The number of nitrogens with one attached hydrogen (secondary N) is 1. The average Bonchev–Trinajstić information content (AvgIpc) is 2.70. The zero-order valence-electron chi connectivity index (χ0n) is 9.47. The second-order valence-electron chi connectivity index (χ2n) is 3.95. The Morgan fingerprint density at radius 3 is 3.06 bits per heavy atom. The monoisotopic (exact) mass is 233 g/mol. The van der Waals surface area contributed by atoms with Gasteiger partial charge < -0.3 is 5.32 Å². The quantitative estimate of drug-likeness (QED) is 0.882. The van der Waals surface area contributed by atoms with Crippen LogP contribution < -0.4 is 5.32 Å². The lowest BCUT2D eigenvalue weighted by Gasteiger charge is -2.13. The smallest absolute Gasteiger partial charge is 0.149 e. The lowest BCUT2D eigenvalue weighted by atomic mass is 10.2. The van der Waals surface area contributed by atoms with E-state index in [-0.39, 0.29) is 0 Å². The van der Waals surface area contributed by atoms with Crippen LogP contribution in [-0.4, -0.2) is 16.2 Å². The van der Waals surface area contributed by atoms with Crippen LogP contribution in [-0.2, 0) is 6.42 Å². The summed E-state index contributed by atoms with van der Waals surface area (Å²) in [6.45, 7) is 4.17. The SMILES string of the molecule is Cc1cnnc(NC(C)Cc2cccs2)c1. The van der Waals surface area contributed by atoms with E-state index >= 15 is 0 Å². The van der Waals surface area contributed by atoms with Crippen molar-refractivity contribution in [3.8, 4) is 0 Å². The van der Waals surface area contributed by atoms with Gasteiger partial charge >= 0.3 is 0 Å². The van der Waals surface area contributed by atoms with Crippen molar-refractivity contribution in [3.05, 3.63) is 40.2 Å². The van der Waals surface area contributed by atoms with Gasteiger partial charge in [0.1, 0.15) is 5.82 Å². The second kappa shape index (κ2) is 5.07. The fourth-order valence-electron chi connectivity index (χ4n) is 1.57. The Morgan fingerprint density at radius 2 is 2.38 bits per heavy atom. The van der Waals surface area contributed by atoms with Crippen molar-refractivity contribution in [1.29, 1.82) is 0 Å². The van der Waals surface area contributed by atoms with Crippen molar-refractivity contribution >= 4 is 17.2 Å². The summed E-state index contributed by atoms with van der Waals surface area (Å²) in [4.78, 5) is 1.39. The minimum atomic E-state index is 0.370. The lowest BCUT2D eigenvalue weighted by Crippen LogP contribution is -2.18. The molecule has 3 nitrogen and oxygen atoms in total. The molecule has 0 aliphatic rings. The number of anilines is 1. The molecule has 0 aliphatic heterocycles. The summed E-state index contributed by atoms with van der Waals surface area (Å²) in [6.07, 6.45) is 2.78. The van der Waals surface area contributed by atoms with Gasteiger partial charge in [-0.1, -0.05) is 6.07 Å². The first-order valence-electron chi connectivity index (χ1n) is 5.32. The van der Waals surface area contributed by atoms with Crippen molar-refractivity contribution in [2.24, 2.45) is 0 Å². The fourth-order valence-corrected chi connectivity index (χ4v) is 2.40. The summed E-state index contributed by atoms with van der Waals surface area (Å²) in [5.74, 6) is 0.851. The molecular weight excluding hydrogens is 218 g/mol. The number of rotatable bonds is 4. The van der Waals surface area contributed by atoms with Gasteiger partial charge in [0.05, 0.1) is 6.20 Å². The Bertz CT molecular complexity index is 439. The van der Waals surface area contributed by atoms with Gasteiger partial charge in [-0.25, -0.2) is 0 Å². The highest BCUT2D eigenvalue weighted by Gasteiger charge is 2.05. The highest BCUT2D eigenvalue weighted by Crippen LogP contribution is 2.13. The van der Waals surface area contributed by atoms with E-state index in [1.165, 1.54) is 4.88 Å². The first-order valence-corrected chi connectivity index (χ1v) is 6.20. The third kappa shape index (κ3) is 3.03. The van der Waals surface area contributed by atoms with Gasteiger partial charge in [-0.2, -0.15) is 5.10 Å². The number of aryl methyl sites for hydroxylation is 1. The van der Waals surface area contributed by atoms with Crippen LogP contribution in [0.3, 0.4) is 0 Å². The molecule has 0 saturated heterocycles. The topological polar surface area (TPSA) is 37.8 Å². The Balaban J connectivity index is 1.94. The van der Waals surface area contributed by atoms with Gasteiger partial charge in [-0.3, -0.25) is 0 Å². The fraction of sp³-hybridized carbons (Fsp3) is 0.333. The largest absolute Gasteiger partial charge is 0.366 e. The molecule has 1 N–H and O–H groups in total. The molecule has 0 amide bonds. The number of thiophene rings is 1. The molecule has 0 aliphatic carbocycles. The van der Waals surface area contributed by atoms with Crippen LogP contribution in [0.4, 0.5) is 5.82 Å². The third-order valence-corrected chi connectivity index (χ3v) is 3.17.